The Morgan fingerprint density at radius 2 is 2.36 bits per heavy atom. The van der Waals surface area contributed by atoms with Crippen LogP contribution >= 0.6 is 0 Å². The second kappa shape index (κ2) is 2.60. The summed E-state index contributed by atoms with van der Waals surface area (Å²) in [6.45, 7) is 0.182. The van der Waals surface area contributed by atoms with Gasteiger partial charge in [-0.2, -0.15) is 8.78 Å². The third-order valence-corrected chi connectivity index (χ3v) is 1.57. The Kier molecular flexibility index (Phi) is 1.93. The van der Waals surface area contributed by atoms with Crippen LogP contribution in [0.5, 0.6) is 0 Å². The van der Waals surface area contributed by atoms with E-state index in [0.717, 1.165) is 5.94 Å². The second-order valence-electron chi connectivity index (χ2n) is 2.33. The largest absolute Gasteiger partial charge is 0.386 e. The van der Waals surface area contributed by atoms with Crippen LogP contribution < -0.4 is 5.32 Å². The Hall–Kier alpha value is -0.930. The number of nitrogens with one attached hydrogen (secondary N) is 1. The molecule has 1 aliphatic heterocycles. The lowest BCUT2D eigenvalue weighted by molar-refractivity contribution is -0.0946. The highest BCUT2D eigenvalue weighted by Crippen LogP contribution is 2.29. The highest BCUT2D eigenvalue weighted by atomic mass is 19.3. The van der Waals surface area contributed by atoms with Gasteiger partial charge in [0.1, 0.15) is 6.10 Å². The van der Waals surface area contributed by atoms with Crippen molar-refractivity contribution in [3.8, 4) is 0 Å². The van der Waals surface area contributed by atoms with E-state index in [0.29, 0.717) is 0 Å². The molecule has 1 unspecified atom stereocenters. The molecule has 0 spiro atoms. The summed E-state index contributed by atoms with van der Waals surface area (Å²) in [5, 5.41) is 10.9. The van der Waals surface area contributed by atoms with Gasteiger partial charge in [-0.15, -0.1) is 0 Å². The summed E-state index contributed by atoms with van der Waals surface area (Å²) < 4.78 is 25.3. The van der Waals surface area contributed by atoms with Crippen molar-refractivity contribution in [3.05, 3.63) is 5.70 Å². The summed E-state index contributed by atoms with van der Waals surface area (Å²) >= 11 is 0. The van der Waals surface area contributed by atoms with E-state index in [9.17, 15) is 13.6 Å². The molecular weight excluding hydrogens is 156 g/mol. The van der Waals surface area contributed by atoms with Crippen molar-refractivity contribution in [1.82, 2.24) is 5.32 Å². The van der Waals surface area contributed by atoms with Gasteiger partial charge in [0.05, 0.1) is 0 Å². The Balaban J connectivity index is 2.90. The van der Waals surface area contributed by atoms with Gasteiger partial charge in [-0.3, -0.25) is 0 Å². The van der Waals surface area contributed by atoms with Crippen molar-refractivity contribution in [3.63, 3.8) is 0 Å². The van der Waals surface area contributed by atoms with E-state index in [1.807, 2.05) is 0 Å². The topological polar surface area (TPSA) is 49.3 Å². The van der Waals surface area contributed by atoms with Crippen LogP contribution in [0.25, 0.3) is 0 Å². The maximum absolute atomic E-state index is 12.7. The van der Waals surface area contributed by atoms with Gasteiger partial charge < -0.3 is 10.4 Å². The minimum Gasteiger partial charge on any atom is -0.386 e. The first-order chi connectivity index (χ1) is 5.09. The molecule has 1 saturated heterocycles. The molecule has 0 saturated carbocycles. The first-order valence-electron chi connectivity index (χ1n) is 3.14. The molecule has 62 valence electrons. The number of halogens is 2. The molecule has 0 aliphatic carbocycles. The summed E-state index contributed by atoms with van der Waals surface area (Å²) in [5.41, 5.74) is -0.851. The van der Waals surface area contributed by atoms with Crippen LogP contribution in [0.15, 0.2) is 5.70 Å². The average Bonchev–Trinajstić information content (AvgIpc) is 1.95. The first kappa shape index (κ1) is 8.17. The van der Waals surface area contributed by atoms with Crippen LogP contribution in [-0.2, 0) is 4.79 Å². The summed E-state index contributed by atoms with van der Waals surface area (Å²) in [5.74, 6) is -2.39. The number of piperidine rings is 1. The standard InChI is InChI=1S/C6H7F2NO2/c7-6(8)4(3-10)9-2-1-5(6)11/h5,9,11H,1-2H2. The lowest BCUT2D eigenvalue weighted by Crippen LogP contribution is -2.47. The fourth-order valence-electron chi connectivity index (χ4n) is 0.904. The fraction of sp³-hybridized carbons (Fsp3) is 0.667. The van der Waals surface area contributed by atoms with E-state index in [-0.39, 0.29) is 13.0 Å². The van der Waals surface area contributed by atoms with Crippen LogP contribution in [0.4, 0.5) is 8.78 Å². The molecular formula is C6H7F2NO2. The summed E-state index contributed by atoms with van der Waals surface area (Å²) in [7, 11) is 0. The van der Waals surface area contributed by atoms with Gasteiger partial charge in [0.2, 0.25) is 0 Å². The van der Waals surface area contributed by atoms with Gasteiger partial charge in [-0.1, -0.05) is 0 Å². The van der Waals surface area contributed by atoms with Gasteiger partial charge in [-0.25, -0.2) is 4.79 Å². The normalized spacial score (nSPS) is 29.0. The van der Waals surface area contributed by atoms with Crippen LogP contribution in [0, 0.1) is 0 Å². The minimum absolute atomic E-state index is 0.0574. The zero-order valence-electron chi connectivity index (χ0n) is 5.60. The molecule has 1 rings (SSSR count). The number of aliphatic hydroxyl groups is 1. The maximum Gasteiger partial charge on any atom is 0.323 e. The monoisotopic (exact) mass is 163 g/mol. The van der Waals surface area contributed by atoms with E-state index in [4.69, 9.17) is 5.11 Å². The molecule has 1 atom stereocenters. The zero-order valence-corrected chi connectivity index (χ0v) is 5.60. The Morgan fingerprint density at radius 3 is 2.82 bits per heavy atom. The third kappa shape index (κ3) is 1.25. The Labute approximate surface area is 61.7 Å². The van der Waals surface area contributed by atoms with Crippen LogP contribution in [0.1, 0.15) is 6.42 Å². The van der Waals surface area contributed by atoms with Crippen molar-refractivity contribution in [1.29, 1.82) is 0 Å². The lowest BCUT2D eigenvalue weighted by Gasteiger charge is -2.28. The molecule has 0 bridgehead atoms. The average molecular weight is 163 g/mol. The van der Waals surface area contributed by atoms with E-state index in [2.05, 4.69) is 5.32 Å². The SMILES string of the molecule is O=C=C1NCCC(O)C1(F)F. The first-order valence-corrected chi connectivity index (χ1v) is 3.14. The molecule has 1 fully saturated rings. The van der Waals surface area contributed by atoms with Gasteiger partial charge >= 0.3 is 5.92 Å². The number of aliphatic hydroxyl groups excluding tert-OH is 1. The van der Waals surface area contributed by atoms with Crippen LogP contribution in [0.3, 0.4) is 0 Å². The molecule has 0 radical (unpaired) electrons. The summed E-state index contributed by atoms with van der Waals surface area (Å²) in [6, 6.07) is 0. The van der Waals surface area contributed by atoms with E-state index in [1.165, 1.54) is 0 Å². The van der Waals surface area contributed by atoms with Gasteiger partial charge in [0.25, 0.3) is 0 Å². The quantitative estimate of drug-likeness (QED) is 0.481. The molecule has 11 heavy (non-hydrogen) atoms. The van der Waals surface area contributed by atoms with Gasteiger partial charge in [0, 0.05) is 6.54 Å². The molecule has 0 aromatic rings. The highest BCUT2D eigenvalue weighted by Gasteiger charge is 2.46. The van der Waals surface area contributed by atoms with Gasteiger partial charge in [-0.05, 0) is 6.42 Å². The number of hydrogen-bond acceptors (Lipinski definition) is 3. The van der Waals surface area contributed by atoms with E-state index < -0.39 is 17.7 Å². The minimum atomic E-state index is -3.46. The number of alkyl halides is 2. The van der Waals surface area contributed by atoms with Crippen molar-refractivity contribution in [2.45, 2.75) is 18.4 Å². The second-order valence-corrected chi connectivity index (χ2v) is 2.33. The smallest absolute Gasteiger partial charge is 0.323 e. The van der Waals surface area contributed by atoms with Crippen LogP contribution in [0.2, 0.25) is 0 Å². The Bertz CT molecular complexity index is 211. The van der Waals surface area contributed by atoms with E-state index >= 15 is 0 Å². The molecule has 0 aromatic heterocycles. The molecule has 1 heterocycles. The molecule has 1 aliphatic rings. The fourth-order valence-corrected chi connectivity index (χ4v) is 0.904. The predicted octanol–water partition coefficient (Wildman–Crippen LogP) is -0.309. The molecule has 2 N–H and O–H groups in total. The van der Waals surface area contributed by atoms with Crippen LogP contribution in [-0.4, -0.2) is 29.6 Å². The number of carbonyl (C=O) groups excluding carboxylic acids is 1. The number of rotatable bonds is 0. The summed E-state index contributed by atoms with van der Waals surface area (Å²) in [6.07, 6.45) is -1.82. The maximum atomic E-state index is 12.7. The zero-order chi connectivity index (χ0) is 8.48. The van der Waals surface area contributed by atoms with Crippen molar-refractivity contribution < 1.29 is 18.7 Å². The van der Waals surface area contributed by atoms with Gasteiger partial charge in [0.15, 0.2) is 11.6 Å². The lowest BCUT2D eigenvalue weighted by atomic mass is 10.0. The molecule has 0 amide bonds. The third-order valence-electron chi connectivity index (χ3n) is 1.57. The summed E-state index contributed by atoms with van der Waals surface area (Å²) in [4.78, 5) is 9.91. The van der Waals surface area contributed by atoms with Crippen molar-refractivity contribution in [2.24, 2.45) is 0 Å². The molecule has 5 heteroatoms. The van der Waals surface area contributed by atoms with E-state index in [1.54, 1.807) is 0 Å². The number of hydrogen-bond donors (Lipinski definition) is 2. The highest BCUT2D eigenvalue weighted by molar-refractivity contribution is 5.55. The molecule has 3 nitrogen and oxygen atoms in total. The molecule has 0 aromatic carbocycles. The van der Waals surface area contributed by atoms with Crippen molar-refractivity contribution >= 4 is 5.94 Å². The Morgan fingerprint density at radius 1 is 1.73 bits per heavy atom. The van der Waals surface area contributed by atoms with Crippen molar-refractivity contribution in [2.75, 3.05) is 6.54 Å². The predicted molar refractivity (Wildman–Crippen MR) is 32.8 cm³/mol.